The second kappa shape index (κ2) is 20.2. The zero-order chi connectivity index (χ0) is 21.8. The predicted molar refractivity (Wildman–Crippen MR) is 132 cm³/mol. The van der Waals surface area contributed by atoms with Gasteiger partial charge in [-0.1, -0.05) is 0 Å². The van der Waals surface area contributed by atoms with Gasteiger partial charge in [0.15, 0.2) is 0 Å². The number of hydrogen-bond donors (Lipinski definition) is 0. The van der Waals surface area contributed by atoms with E-state index in [1.54, 1.807) is 10.7 Å². The first kappa shape index (κ1) is 29.2. The average Bonchev–Trinajstić information content (AvgIpc) is 2.75. The number of unbranched alkanes of at least 4 members (excludes halogenated alkanes) is 7. The van der Waals surface area contributed by atoms with Crippen molar-refractivity contribution >= 4 is 18.4 Å². The van der Waals surface area contributed by atoms with E-state index < -0.39 is 18.4 Å². The third-order valence-corrected chi connectivity index (χ3v) is 22.0. The molecule has 0 aliphatic heterocycles. The molecule has 0 rings (SSSR count). The van der Waals surface area contributed by atoms with Gasteiger partial charge in [0.1, 0.15) is 0 Å². The molecule has 172 valence electrons. The van der Waals surface area contributed by atoms with E-state index in [1.807, 2.05) is 0 Å². The first-order chi connectivity index (χ1) is 14.2. The predicted octanol–water partition coefficient (Wildman–Crippen LogP) is 8.83. The fraction of sp³-hybridized carbons (Fsp3) is 0.885. The molecule has 0 spiro atoms. The van der Waals surface area contributed by atoms with Gasteiger partial charge in [0.25, 0.3) is 0 Å². The summed E-state index contributed by atoms with van der Waals surface area (Å²) < 4.78 is 17.6. The van der Waals surface area contributed by atoms with Crippen molar-refractivity contribution in [2.75, 3.05) is 13.9 Å². The molecule has 0 saturated carbocycles. The fourth-order valence-electron chi connectivity index (χ4n) is 4.32. The molecule has 1 unspecified atom stereocenters. The van der Waals surface area contributed by atoms with Gasteiger partial charge in [0.05, 0.1) is 0 Å². The standard InChI is InChI=1S/C14H25O2.3C4H9.Sn/c1-4-6-7-8-9-10-11-12-14(5-2)16-13-15-3;3*1-3-4-2;/h10,14H,4-9,13H2,1-3H3;3*1,3-4H2,2H3;. The minimum atomic E-state index is -2.54. The number of ether oxygens (including phenoxy) is 2. The van der Waals surface area contributed by atoms with Gasteiger partial charge in [0.2, 0.25) is 0 Å². The summed E-state index contributed by atoms with van der Waals surface area (Å²) in [5, 5.41) is 0. The molecule has 0 aliphatic carbocycles. The summed E-state index contributed by atoms with van der Waals surface area (Å²) in [4.78, 5) is 0. The van der Waals surface area contributed by atoms with E-state index in [1.165, 1.54) is 83.9 Å². The van der Waals surface area contributed by atoms with Crippen LogP contribution in [0, 0.1) is 0 Å². The SMILES string of the molecule is CCCCCCC=C=[C](C(CC)OCOC)[Sn]([CH2]CCC)([CH2]CCC)[CH2]CCC. The second-order valence-corrected chi connectivity index (χ2v) is 21.8. The molecule has 1 atom stereocenters. The summed E-state index contributed by atoms with van der Waals surface area (Å²) in [5.41, 5.74) is 3.93. The van der Waals surface area contributed by atoms with Gasteiger partial charge in [-0.2, -0.15) is 0 Å². The summed E-state index contributed by atoms with van der Waals surface area (Å²) in [7, 11) is 1.74. The molecule has 0 bridgehead atoms. The van der Waals surface area contributed by atoms with Crippen molar-refractivity contribution in [3.8, 4) is 0 Å². The van der Waals surface area contributed by atoms with Crippen LogP contribution in [0.5, 0.6) is 0 Å². The van der Waals surface area contributed by atoms with E-state index in [0.29, 0.717) is 6.79 Å². The minimum absolute atomic E-state index is 0.211. The van der Waals surface area contributed by atoms with Crippen molar-refractivity contribution < 1.29 is 9.47 Å². The molecule has 0 aromatic heterocycles. The molecule has 29 heavy (non-hydrogen) atoms. The van der Waals surface area contributed by atoms with Gasteiger partial charge in [-0.15, -0.1) is 0 Å². The van der Waals surface area contributed by atoms with Crippen LogP contribution >= 0.6 is 0 Å². The first-order valence-corrected chi connectivity index (χ1v) is 20.2. The topological polar surface area (TPSA) is 18.5 Å². The van der Waals surface area contributed by atoms with E-state index in [2.05, 4.69) is 46.4 Å². The van der Waals surface area contributed by atoms with Crippen LogP contribution in [0.15, 0.2) is 15.4 Å². The van der Waals surface area contributed by atoms with Gasteiger partial charge in [0, 0.05) is 0 Å². The molecule has 0 aromatic rings. The normalized spacial score (nSPS) is 12.6. The number of methoxy groups -OCH3 is 1. The maximum atomic E-state index is 6.25. The van der Waals surface area contributed by atoms with Crippen LogP contribution in [0.1, 0.15) is 112 Å². The Bertz CT molecular complexity index is 405. The Balaban J connectivity index is 5.92. The van der Waals surface area contributed by atoms with Gasteiger partial charge in [-0.05, 0) is 0 Å². The molecule has 0 aromatic carbocycles. The quantitative estimate of drug-likeness (QED) is 0.0698. The van der Waals surface area contributed by atoms with Crippen molar-refractivity contribution in [2.24, 2.45) is 0 Å². The summed E-state index contributed by atoms with van der Waals surface area (Å²) in [6, 6.07) is 0. The number of rotatable bonds is 20. The summed E-state index contributed by atoms with van der Waals surface area (Å²) in [5.74, 6) is 0. The molecule has 0 radical (unpaired) electrons. The maximum absolute atomic E-state index is 6.25. The molecule has 0 saturated heterocycles. The van der Waals surface area contributed by atoms with E-state index in [4.69, 9.17) is 9.47 Å². The van der Waals surface area contributed by atoms with Crippen LogP contribution < -0.4 is 0 Å². The second-order valence-electron chi connectivity index (χ2n) is 8.67. The fourth-order valence-corrected chi connectivity index (χ4v) is 21.5. The molecule has 3 heteroatoms. The molecular weight excluding hydrogens is 463 g/mol. The molecule has 0 heterocycles. The molecule has 0 amide bonds. The summed E-state index contributed by atoms with van der Waals surface area (Å²) in [6.45, 7) is 12.0. The van der Waals surface area contributed by atoms with E-state index in [0.717, 1.165) is 6.42 Å². The summed E-state index contributed by atoms with van der Waals surface area (Å²) in [6.07, 6.45) is 18.2. The van der Waals surface area contributed by atoms with Crippen LogP contribution in [0.2, 0.25) is 13.3 Å². The van der Waals surface area contributed by atoms with Gasteiger partial charge >= 0.3 is 188 Å². The molecule has 2 nitrogen and oxygen atoms in total. The van der Waals surface area contributed by atoms with Crippen molar-refractivity contribution in [2.45, 2.75) is 131 Å². The van der Waals surface area contributed by atoms with Crippen molar-refractivity contribution in [3.63, 3.8) is 0 Å². The van der Waals surface area contributed by atoms with Gasteiger partial charge < -0.3 is 0 Å². The van der Waals surface area contributed by atoms with Crippen LogP contribution in [0.3, 0.4) is 0 Å². The van der Waals surface area contributed by atoms with Crippen LogP contribution in [-0.4, -0.2) is 38.4 Å². The van der Waals surface area contributed by atoms with Gasteiger partial charge in [-0.3, -0.25) is 0 Å². The number of hydrogen-bond acceptors (Lipinski definition) is 2. The van der Waals surface area contributed by atoms with Crippen molar-refractivity contribution in [1.82, 2.24) is 0 Å². The average molecular weight is 515 g/mol. The third kappa shape index (κ3) is 12.6. The molecule has 0 N–H and O–H groups in total. The Morgan fingerprint density at radius 2 is 1.34 bits per heavy atom. The summed E-state index contributed by atoms with van der Waals surface area (Å²) >= 11 is -2.54. The monoisotopic (exact) mass is 516 g/mol. The van der Waals surface area contributed by atoms with E-state index >= 15 is 0 Å². The van der Waals surface area contributed by atoms with Gasteiger partial charge in [-0.25, -0.2) is 0 Å². The first-order valence-electron chi connectivity index (χ1n) is 12.7. The van der Waals surface area contributed by atoms with E-state index in [9.17, 15) is 0 Å². The van der Waals surface area contributed by atoms with E-state index in [-0.39, 0.29) is 6.10 Å². The Morgan fingerprint density at radius 1 is 0.793 bits per heavy atom. The third-order valence-electron chi connectivity index (χ3n) is 6.14. The Kier molecular flexibility index (Phi) is 20.3. The van der Waals surface area contributed by atoms with Crippen molar-refractivity contribution in [1.29, 1.82) is 0 Å². The van der Waals surface area contributed by atoms with Crippen LogP contribution in [0.4, 0.5) is 0 Å². The van der Waals surface area contributed by atoms with Crippen LogP contribution in [0.25, 0.3) is 0 Å². The van der Waals surface area contributed by atoms with Crippen molar-refractivity contribution in [3.05, 3.63) is 15.4 Å². The Hall–Kier alpha value is 0.239. The van der Waals surface area contributed by atoms with Crippen LogP contribution in [-0.2, 0) is 9.47 Å². The Morgan fingerprint density at radius 3 is 1.79 bits per heavy atom. The molecule has 0 fully saturated rings. The Labute approximate surface area is 187 Å². The zero-order valence-corrected chi connectivity index (χ0v) is 23.6. The molecular formula is C26H52O2Sn. The molecule has 0 aliphatic rings. The zero-order valence-electron chi connectivity index (χ0n) is 20.8.